The Morgan fingerprint density at radius 1 is 1.00 bits per heavy atom. The highest BCUT2D eigenvalue weighted by atomic mass is 19.1. The largest absolute Gasteiger partial charge is 0.486 e. The number of alkyl halides is 1. The number of rotatable bonds is 6. The van der Waals surface area contributed by atoms with Gasteiger partial charge in [-0.25, -0.2) is 19.2 Å². The molecule has 214 valence electrons. The molecule has 0 bridgehead atoms. The molecule has 6 rings (SSSR count). The summed E-state index contributed by atoms with van der Waals surface area (Å²) in [5, 5.41) is 5.45. The average molecular weight is 560 g/mol. The van der Waals surface area contributed by atoms with Gasteiger partial charge in [-0.3, -0.25) is 4.68 Å². The molecule has 4 aromatic rings. The van der Waals surface area contributed by atoms with E-state index in [1.54, 1.807) is 25.5 Å². The van der Waals surface area contributed by atoms with Gasteiger partial charge in [0.2, 0.25) is 0 Å². The maximum absolute atomic E-state index is 15.4. The Morgan fingerprint density at radius 3 is 2.46 bits per heavy atom. The topological polar surface area (TPSA) is 91.6 Å². The van der Waals surface area contributed by atoms with E-state index in [1.807, 2.05) is 55.7 Å². The number of carbonyl (C=O) groups is 1. The van der Waals surface area contributed by atoms with E-state index in [0.29, 0.717) is 35.7 Å². The van der Waals surface area contributed by atoms with Crippen LogP contribution < -0.4 is 9.47 Å². The Hall–Kier alpha value is -4.21. The quantitative estimate of drug-likeness (QED) is 0.288. The third-order valence-electron chi connectivity index (χ3n) is 7.06. The van der Waals surface area contributed by atoms with Crippen molar-refractivity contribution in [2.75, 3.05) is 13.1 Å². The summed E-state index contributed by atoms with van der Waals surface area (Å²) in [5.74, 6) is 0.963. The molecule has 3 heterocycles. The molecule has 0 radical (unpaired) electrons. The minimum absolute atomic E-state index is 0.101. The normalized spacial score (nSPS) is 19.3. The lowest BCUT2D eigenvalue weighted by molar-refractivity contribution is -0.0111. The van der Waals surface area contributed by atoms with Crippen molar-refractivity contribution < 1.29 is 23.4 Å². The monoisotopic (exact) mass is 559 g/mol. The lowest BCUT2D eigenvalue weighted by Crippen LogP contribution is -2.50. The highest BCUT2D eigenvalue weighted by Crippen LogP contribution is 2.41. The van der Waals surface area contributed by atoms with Gasteiger partial charge >= 0.3 is 6.09 Å². The zero-order valence-electron chi connectivity index (χ0n) is 23.7. The molecular formula is C31H34FN5O4. The fourth-order valence-electron chi connectivity index (χ4n) is 4.97. The predicted molar refractivity (Wildman–Crippen MR) is 153 cm³/mol. The minimum atomic E-state index is -1.39. The first-order valence-corrected chi connectivity index (χ1v) is 14.0. The maximum atomic E-state index is 15.4. The molecule has 2 aliphatic rings. The van der Waals surface area contributed by atoms with Gasteiger partial charge in [0, 0.05) is 48.8 Å². The highest BCUT2D eigenvalue weighted by Gasteiger charge is 2.36. The molecule has 9 nitrogen and oxygen atoms in total. The van der Waals surface area contributed by atoms with Gasteiger partial charge in [-0.1, -0.05) is 30.3 Å². The third kappa shape index (κ3) is 5.96. The van der Waals surface area contributed by atoms with Crippen LogP contribution in [-0.4, -0.2) is 67.8 Å². The summed E-state index contributed by atoms with van der Waals surface area (Å²) in [6, 6.07) is 13.6. The molecule has 2 aromatic heterocycles. The molecule has 2 atom stereocenters. The fraction of sp³-hybridized carbons (Fsp3) is 0.419. The zero-order valence-corrected chi connectivity index (χ0v) is 23.7. The Balaban J connectivity index is 1.34. The van der Waals surface area contributed by atoms with E-state index in [2.05, 4.69) is 9.97 Å². The second-order valence-electron chi connectivity index (χ2n) is 11.7. The first-order valence-electron chi connectivity index (χ1n) is 14.0. The van der Waals surface area contributed by atoms with Gasteiger partial charge in [0.25, 0.3) is 0 Å². The van der Waals surface area contributed by atoms with Crippen molar-refractivity contribution in [2.45, 2.75) is 64.0 Å². The number of hydrogen-bond donors (Lipinski definition) is 0. The smallest absolute Gasteiger partial charge is 0.410 e. The minimum Gasteiger partial charge on any atom is -0.486 e. The van der Waals surface area contributed by atoms with Gasteiger partial charge in [-0.05, 0) is 39.7 Å². The Bertz CT molecular complexity index is 1560. The molecule has 10 heteroatoms. The van der Waals surface area contributed by atoms with Crippen molar-refractivity contribution in [2.24, 2.45) is 7.05 Å². The van der Waals surface area contributed by atoms with Gasteiger partial charge in [0.1, 0.15) is 23.7 Å². The van der Waals surface area contributed by atoms with Crippen LogP contribution in [0.15, 0.2) is 55.0 Å². The van der Waals surface area contributed by atoms with Crippen molar-refractivity contribution in [3.63, 3.8) is 0 Å². The average Bonchev–Trinajstić information content (AvgIpc) is 3.67. The van der Waals surface area contributed by atoms with Crippen molar-refractivity contribution in [3.8, 4) is 34.0 Å². The van der Waals surface area contributed by atoms with Gasteiger partial charge in [0.15, 0.2) is 17.7 Å². The van der Waals surface area contributed by atoms with Crippen molar-refractivity contribution in [3.05, 3.63) is 55.0 Å². The predicted octanol–water partition coefficient (Wildman–Crippen LogP) is 5.96. The van der Waals surface area contributed by atoms with E-state index in [0.717, 1.165) is 35.0 Å². The number of likely N-dealkylation sites (tertiary alicyclic amines) is 1. The van der Waals surface area contributed by atoms with Crippen LogP contribution in [0.4, 0.5) is 9.18 Å². The Labute approximate surface area is 238 Å². The number of halogens is 1. The number of hydrogen-bond acceptors (Lipinski definition) is 7. The Kier molecular flexibility index (Phi) is 7.01. The molecule has 2 aromatic carbocycles. The van der Waals surface area contributed by atoms with Crippen LogP contribution in [0.5, 0.6) is 11.5 Å². The molecule has 1 aliphatic carbocycles. The van der Waals surface area contributed by atoms with Crippen LogP contribution in [0.3, 0.4) is 0 Å². The molecule has 0 N–H and O–H groups in total. The second kappa shape index (κ2) is 10.6. The number of aromatic nitrogens is 4. The van der Waals surface area contributed by atoms with Gasteiger partial charge in [-0.15, -0.1) is 0 Å². The van der Waals surface area contributed by atoms with Crippen LogP contribution in [-0.2, 0) is 11.8 Å². The summed E-state index contributed by atoms with van der Waals surface area (Å²) >= 11 is 0. The summed E-state index contributed by atoms with van der Waals surface area (Å²) in [4.78, 5) is 23.1. The number of nitrogens with zero attached hydrogens (tertiary/aromatic N) is 5. The first-order chi connectivity index (χ1) is 19.6. The SMILES string of the molecule is Cn1cc(-c2ncnc3cc(OC4CC4)c(O[C@@H]4CCN(C(=O)OC(C)(C)C)C[C@H]4F)cc23)c(-c2ccccc2)n1. The molecule has 0 unspecified atom stereocenters. The van der Waals surface area contributed by atoms with Crippen LogP contribution in [0.25, 0.3) is 33.4 Å². The number of piperidine rings is 1. The van der Waals surface area contributed by atoms with Crippen LogP contribution in [0, 0.1) is 0 Å². The number of amides is 1. The number of fused-ring (bicyclic) bond motifs is 1. The maximum Gasteiger partial charge on any atom is 0.410 e. The van der Waals surface area contributed by atoms with Gasteiger partial charge in [0.05, 0.1) is 23.9 Å². The highest BCUT2D eigenvalue weighted by molar-refractivity contribution is 5.97. The molecule has 1 aliphatic heterocycles. The summed E-state index contributed by atoms with van der Waals surface area (Å²) in [7, 11) is 1.88. The lowest BCUT2D eigenvalue weighted by Gasteiger charge is -2.35. The lowest BCUT2D eigenvalue weighted by atomic mass is 10.0. The first kappa shape index (κ1) is 27.0. The summed E-state index contributed by atoms with van der Waals surface area (Å²) in [5.41, 5.74) is 3.36. The van der Waals surface area contributed by atoms with Crippen LogP contribution in [0.2, 0.25) is 0 Å². The van der Waals surface area contributed by atoms with E-state index < -0.39 is 24.0 Å². The van der Waals surface area contributed by atoms with E-state index in [-0.39, 0.29) is 12.6 Å². The van der Waals surface area contributed by atoms with Crippen molar-refractivity contribution >= 4 is 17.0 Å². The number of benzene rings is 2. The second-order valence-corrected chi connectivity index (χ2v) is 11.7. The van der Waals surface area contributed by atoms with Crippen molar-refractivity contribution in [1.82, 2.24) is 24.6 Å². The molecule has 1 saturated carbocycles. The standard InChI is InChI=1S/C31H34FN5O4/c1-31(2,3)41-30(38)37-13-12-25(23(32)17-37)40-26-14-21-24(15-27(26)39-20-10-11-20)33-18-34-29(21)22-16-36(4)35-28(22)19-8-6-5-7-9-19/h5-9,14-16,18,20,23,25H,10-13,17H2,1-4H3/t23-,25-/m1/s1. The van der Waals surface area contributed by atoms with E-state index in [1.165, 1.54) is 11.2 Å². The fourth-order valence-corrected chi connectivity index (χ4v) is 4.97. The van der Waals surface area contributed by atoms with Crippen LogP contribution >= 0.6 is 0 Å². The zero-order chi connectivity index (χ0) is 28.7. The van der Waals surface area contributed by atoms with Gasteiger partial charge < -0.3 is 19.1 Å². The summed E-state index contributed by atoms with van der Waals surface area (Å²) < 4.78 is 35.1. The number of aryl methyl sites for hydroxylation is 1. The van der Waals surface area contributed by atoms with E-state index in [4.69, 9.17) is 19.3 Å². The Morgan fingerprint density at radius 2 is 1.76 bits per heavy atom. The molecule has 41 heavy (non-hydrogen) atoms. The summed E-state index contributed by atoms with van der Waals surface area (Å²) in [6.07, 6.45) is 3.15. The number of ether oxygens (including phenoxy) is 3. The molecule has 1 saturated heterocycles. The molecular weight excluding hydrogens is 525 g/mol. The molecule has 2 fully saturated rings. The third-order valence-corrected chi connectivity index (χ3v) is 7.06. The number of carbonyl (C=O) groups excluding carboxylic acids is 1. The van der Waals surface area contributed by atoms with Gasteiger partial charge in [-0.2, -0.15) is 5.10 Å². The van der Waals surface area contributed by atoms with E-state index in [9.17, 15) is 4.79 Å². The molecule has 1 amide bonds. The van der Waals surface area contributed by atoms with Crippen LogP contribution in [0.1, 0.15) is 40.0 Å². The molecule has 0 spiro atoms. The van der Waals surface area contributed by atoms with E-state index >= 15 is 4.39 Å². The van der Waals surface area contributed by atoms with Crippen molar-refractivity contribution in [1.29, 1.82) is 0 Å². The summed E-state index contributed by atoms with van der Waals surface area (Å²) in [6.45, 7) is 5.61.